The van der Waals surface area contributed by atoms with Gasteiger partial charge in [-0.15, -0.1) is 5.10 Å². The third kappa shape index (κ3) is 3.85. The first-order chi connectivity index (χ1) is 6.33. The number of hydrogen-bond acceptors (Lipinski definition) is 4. The molecule has 0 atom stereocenters. The van der Waals surface area contributed by atoms with Gasteiger partial charge in [-0.1, -0.05) is 0 Å². The van der Waals surface area contributed by atoms with Crippen LogP contribution in [-0.4, -0.2) is 30.3 Å². The van der Waals surface area contributed by atoms with Crippen LogP contribution in [0.25, 0.3) is 0 Å². The Morgan fingerprint density at radius 2 is 2.08 bits per heavy atom. The largest absolute Gasteiger partial charge is 0.369 e. The minimum absolute atomic E-state index is 0.849. The SMILES string of the molecule is CNCCCNc1ccc(C)nn1. The van der Waals surface area contributed by atoms with E-state index >= 15 is 0 Å². The molecule has 72 valence electrons. The van der Waals surface area contributed by atoms with Crippen LogP contribution >= 0.6 is 0 Å². The van der Waals surface area contributed by atoms with Crippen LogP contribution in [0.3, 0.4) is 0 Å². The highest BCUT2D eigenvalue weighted by atomic mass is 15.2. The summed E-state index contributed by atoms with van der Waals surface area (Å²) in [5, 5.41) is 14.2. The molecule has 0 bridgehead atoms. The summed E-state index contributed by atoms with van der Waals surface area (Å²) in [5.41, 5.74) is 0.945. The van der Waals surface area contributed by atoms with Crippen molar-refractivity contribution in [1.82, 2.24) is 15.5 Å². The Balaban J connectivity index is 2.25. The normalized spacial score (nSPS) is 10.0. The highest BCUT2D eigenvalue weighted by Crippen LogP contribution is 2.00. The Kier molecular flexibility index (Phi) is 4.18. The zero-order valence-corrected chi connectivity index (χ0v) is 8.17. The van der Waals surface area contributed by atoms with E-state index in [1.165, 1.54) is 0 Å². The predicted molar refractivity (Wildman–Crippen MR) is 53.8 cm³/mol. The predicted octanol–water partition coefficient (Wildman–Crippen LogP) is 0.806. The number of hydrogen-bond donors (Lipinski definition) is 2. The van der Waals surface area contributed by atoms with Gasteiger partial charge in [-0.3, -0.25) is 0 Å². The second kappa shape index (κ2) is 5.48. The van der Waals surface area contributed by atoms with Crippen molar-refractivity contribution in [3.05, 3.63) is 17.8 Å². The lowest BCUT2D eigenvalue weighted by atomic mass is 10.4. The van der Waals surface area contributed by atoms with E-state index in [-0.39, 0.29) is 0 Å². The van der Waals surface area contributed by atoms with Crippen molar-refractivity contribution in [2.24, 2.45) is 0 Å². The highest BCUT2D eigenvalue weighted by Gasteiger charge is 1.92. The summed E-state index contributed by atoms with van der Waals surface area (Å²) in [7, 11) is 1.95. The number of rotatable bonds is 5. The molecular weight excluding hydrogens is 164 g/mol. The van der Waals surface area contributed by atoms with Crippen LogP contribution in [0.15, 0.2) is 12.1 Å². The molecule has 0 amide bonds. The van der Waals surface area contributed by atoms with Crippen molar-refractivity contribution in [3.63, 3.8) is 0 Å². The molecule has 0 fully saturated rings. The van der Waals surface area contributed by atoms with Gasteiger partial charge >= 0.3 is 0 Å². The van der Waals surface area contributed by atoms with Crippen LogP contribution in [0, 0.1) is 6.92 Å². The fourth-order valence-corrected chi connectivity index (χ4v) is 0.975. The van der Waals surface area contributed by atoms with E-state index in [2.05, 4.69) is 20.8 Å². The van der Waals surface area contributed by atoms with Crippen molar-refractivity contribution >= 4 is 5.82 Å². The second-order valence-electron chi connectivity index (χ2n) is 2.94. The Bertz CT molecular complexity index is 232. The van der Waals surface area contributed by atoms with Gasteiger partial charge in [-0.05, 0) is 39.1 Å². The average Bonchev–Trinajstić information content (AvgIpc) is 2.15. The third-order valence-corrected chi connectivity index (χ3v) is 1.71. The van der Waals surface area contributed by atoms with Gasteiger partial charge in [0.2, 0.25) is 0 Å². The van der Waals surface area contributed by atoms with E-state index < -0.39 is 0 Å². The maximum Gasteiger partial charge on any atom is 0.148 e. The molecule has 0 saturated heterocycles. The van der Waals surface area contributed by atoms with E-state index in [0.717, 1.165) is 31.0 Å². The minimum atomic E-state index is 0.849. The standard InChI is InChI=1S/C9H16N4/c1-8-4-5-9(13-12-8)11-7-3-6-10-2/h4-5,10H,3,6-7H2,1-2H3,(H,11,13). The van der Waals surface area contributed by atoms with Crippen LogP contribution in [0.4, 0.5) is 5.82 Å². The van der Waals surface area contributed by atoms with Crippen LogP contribution in [0.2, 0.25) is 0 Å². The number of nitrogens with zero attached hydrogens (tertiary/aromatic N) is 2. The van der Waals surface area contributed by atoms with Crippen molar-refractivity contribution < 1.29 is 0 Å². The molecule has 0 aliphatic carbocycles. The van der Waals surface area contributed by atoms with Gasteiger partial charge in [0.05, 0.1) is 5.69 Å². The molecule has 0 radical (unpaired) electrons. The number of nitrogens with one attached hydrogen (secondary N) is 2. The molecule has 2 N–H and O–H groups in total. The smallest absolute Gasteiger partial charge is 0.148 e. The zero-order valence-electron chi connectivity index (χ0n) is 8.17. The zero-order chi connectivity index (χ0) is 9.52. The van der Waals surface area contributed by atoms with Gasteiger partial charge in [0.25, 0.3) is 0 Å². The fraction of sp³-hybridized carbons (Fsp3) is 0.556. The van der Waals surface area contributed by atoms with E-state index in [1.807, 2.05) is 26.1 Å². The minimum Gasteiger partial charge on any atom is -0.369 e. The monoisotopic (exact) mass is 180 g/mol. The van der Waals surface area contributed by atoms with Crippen LogP contribution in [0.1, 0.15) is 12.1 Å². The van der Waals surface area contributed by atoms with Gasteiger partial charge in [0.15, 0.2) is 0 Å². The molecule has 1 rings (SSSR count). The van der Waals surface area contributed by atoms with Crippen LogP contribution in [0.5, 0.6) is 0 Å². The lowest BCUT2D eigenvalue weighted by molar-refractivity contribution is 0.745. The van der Waals surface area contributed by atoms with E-state index in [1.54, 1.807) is 0 Å². The van der Waals surface area contributed by atoms with Crippen LogP contribution < -0.4 is 10.6 Å². The summed E-state index contributed by atoms with van der Waals surface area (Å²) in [6.45, 7) is 3.88. The highest BCUT2D eigenvalue weighted by molar-refractivity contribution is 5.32. The molecule has 0 aromatic carbocycles. The first-order valence-electron chi connectivity index (χ1n) is 4.52. The van der Waals surface area contributed by atoms with Gasteiger partial charge in [0.1, 0.15) is 5.82 Å². The maximum atomic E-state index is 3.99. The lowest BCUT2D eigenvalue weighted by Crippen LogP contribution is -2.13. The van der Waals surface area contributed by atoms with Gasteiger partial charge < -0.3 is 10.6 Å². The number of aromatic nitrogens is 2. The van der Waals surface area contributed by atoms with E-state index in [0.29, 0.717) is 0 Å². The summed E-state index contributed by atoms with van der Waals surface area (Å²) < 4.78 is 0. The Hall–Kier alpha value is -1.16. The van der Waals surface area contributed by atoms with Crippen LogP contribution in [-0.2, 0) is 0 Å². The maximum absolute atomic E-state index is 3.99. The first kappa shape index (κ1) is 9.92. The topological polar surface area (TPSA) is 49.8 Å². The molecule has 0 unspecified atom stereocenters. The summed E-state index contributed by atoms with van der Waals surface area (Å²) in [5.74, 6) is 0.849. The molecule has 4 nitrogen and oxygen atoms in total. The van der Waals surface area contributed by atoms with Crippen molar-refractivity contribution in [2.75, 3.05) is 25.5 Å². The molecule has 0 saturated carbocycles. The van der Waals surface area contributed by atoms with E-state index in [4.69, 9.17) is 0 Å². The summed E-state index contributed by atoms with van der Waals surface area (Å²) in [6, 6.07) is 3.90. The molecule has 0 aliphatic heterocycles. The summed E-state index contributed by atoms with van der Waals surface area (Å²) in [4.78, 5) is 0. The van der Waals surface area contributed by atoms with Crippen molar-refractivity contribution in [2.45, 2.75) is 13.3 Å². The molecule has 0 aliphatic rings. The van der Waals surface area contributed by atoms with Crippen molar-refractivity contribution in [1.29, 1.82) is 0 Å². The van der Waals surface area contributed by atoms with Gasteiger partial charge in [-0.25, -0.2) is 0 Å². The molecule has 4 heteroatoms. The van der Waals surface area contributed by atoms with Gasteiger partial charge in [-0.2, -0.15) is 5.10 Å². The molecule has 13 heavy (non-hydrogen) atoms. The molecule has 0 spiro atoms. The van der Waals surface area contributed by atoms with E-state index in [9.17, 15) is 0 Å². The Labute approximate surface area is 78.8 Å². The van der Waals surface area contributed by atoms with Gasteiger partial charge in [0, 0.05) is 6.54 Å². The Morgan fingerprint density at radius 1 is 1.23 bits per heavy atom. The molecule has 1 aromatic rings. The lowest BCUT2D eigenvalue weighted by Gasteiger charge is -2.03. The molecule has 1 aromatic heterocycles. The Morgan fingerprint density at radius 3 is 2.69 bits per heavy atom. The molecule has 1 heterocycles. The number of anilines is 1. The second-order valence-corrected chi connectivity index (χ2v) is 2.94. The average molecular weight is 180 g/mol. The number of aryl methyl sites for hydroxylation is 1. The molecular formula is C9H16N4. The summed E-state index contributed by atoms with van der Waals surface area (Å²) in [6.07, 6.45) is 1.09. The summed E-state index contributed by atoms with van der Waals surface area (Å²) >= 11 is 0. The third-order valence-electron chi connectivity index (χ3n) is 1.71. The van der Waals surface area contributed by atoms with Crippen molar-refractivity contribution in [3.8, 4) is 0 Å². The first-order valence-corrected chi connectivity index (χ1v) is 4.52. The quantitative estimate of drug-likeness (QED) is 0.658. The fourth-order valence-electron chi connectivity index (χ4n) is 0.975.